The lowest BCUT2D eigenvalue weighted by Crippen LogP contribution is -2.57. The molecule has 2 saturated heterocycles. The fourth-order valence-electron chi connectivity index (χ4n) is 4.80. The van der Waals surface area contributed by atoms with Gasteiger partial charge in [0.05, 0.1) is 19.5 Å². The SMILES string of the molecule is CC(=O)Nc1nc(OCc2ccccc2)c(C)nc1[C@@H]1O[C@H](C(O)[Si](C)(C)C(C)(C)C)[C@H]2OC(C)(C)O[C@H]21. The molecule has 9 nitrogen and oxygen atoms in total. The van der Waals surface area contributed by atoms with Crippen molar-refractivity contribution in [3.63, 3.8) is 0 Å². The predicted molar refractivity (Wildman–Crippen MR) is 146 cm³/mol. The van der Waals surface area contributed by atoms with E-state index in [1.165, 1.54) is 6.92 Å². The third-order valence-corrected chi connectivity index (χ3v) is 13.6. The van der Waals surface area contributed by atoms with Crippen molar-refractivity contribution in [2.24, 2.45) is 0 Å². The molecule has 5 atom stereocenters. The summed E-state index contributed by atoms with van der Waals surface area (Å²) in [7, 11) is -2.24. The molecule has 0 saturated carbocycles. The first-order valence-corrected chi connectivity index (χ1v) is 16.2. The molecular formula is C28H41N3O6Si. The maximum absolute atomic E-state index is 12.2. The quantitative estimate of drug-likeness (QED) is 0.484. The number of benzene rings is 1. The number of hydrogen-bond acceptors (Lipinski definition) is 8. The number of carbonyl (C=O) groups excluding carboxylic acids is 1. The van der Waals surface area contributed by atoms with Crippen molar-refractivity contribution in [3.8, 4) is 5.88 Å². The van der Waals surface area contributed by atoms with Crippen LogP contribution in [-0.2, 0) is 25.6 Å². The molecule has 1 aromatic heterocycles. The first kappa shape index (κ1) is 28.6. The summed E-state index contributed by atoms with van der Waals surface area (Å²) in [6.07, 6.45) is -2.36. The predicted octanol–water partition coefficient (Wildman–Crippen LogP) is 4.69. The second kappa shape index (κ2) is 10.3. The number of anilines is 1. The number of aromatic nitrogens is 2. The highest BCUT2D eigenvalue weighted by molar-refractivity contribution is 6.81. The molecular weight excluding hydrogens is 502 g/mol. The molecule has 2 aliphatic heterocycles. The van der Waals surface area contributed by atoms with Gasteiger partial charge in [0.2, 0.25) is 11.8 Å². The number of rotatable bonds is 7. The highest BCUT2D eigenvalue weighted by Crippen LogP contribution is 2.50. The first-order valence-electron chi connectivity index (χ1n) is 13.1. The van der Waals surface area contributed by atoms with Crippen LogP contribution in [0.25, 0.3) is 0 Å². The van der Waals surface area contributed by atoms with Crippen molar-refractivity contribution in [2.75, 3.05) is 5.32 Å². The second-order valence-corrected chi connectivity index (χ2v) is 17.8. The van der Waals surface area contributed by atoms with Crippen molar-refractivity contribution in [1.82, 2.24) is 9.97 Å². The number of nitrogens with zero attached hydrogens (tertiary/aromatic N) is 2. The Balaban J connectivity index is 1.70. The van der Waals surface area contributed by atoms with E-state index in [1.807, 2.05) is 44.2 Å². The van der Waals surface area contributed by atoms with Crippen LogP contribution in [0.15, 0.2) is 30.3 Å². The van der Waals surface area contributed by atoms with Gasteiger partial charge in [-0.1, -0.05) is 64.2 Å². The van der Waals surface area contributed by atoms with Crippen LogP contribution in [0.4, 0.5) is 5.82 Å². The van der Waals surface area contributed by atoms with E-state index in [-0.39, 0.29) is 16.8 Å². The minimum atomic E-state index is -2.24. The maximum atomic E-state index is 12.2. The van der Waals surface area contributed by atoms with Gasteiger partial charge in [0, 0.05) is 6.92 Å². The summed E-state index contributed by atoms with van der Waals surface area (Å²) >= 11 is 0. The summed E-state index contributed by atoms with van der Waals surface area (Å²) in [5.74, 6) is -0.601. The van der Waals surface area contributed by atoms with Gasteiger partial charge in [0.1, 0.15) is 36.7 Å². The van der Waals surface area contributed by atoms with E-state index >= 15 is 0 Å². The Kier molecular flexibility index (Phi) is 7.77. The largest absolute Gasteiger partial charge is 0.471 e. The van der Waals surface area contributed by atoms with Crippen LogP contribution in [0.1, 0.15) is 64.6 Å². The molecule has 208 valence electrons. The van der Waals surface area contributed by atoms with Crippen LogP contribution in [0, 0.1) is 6.92 Å². The third-order valence-electron chi connectivity index (χ3n) is 7.91. The number of aliphatic hydroxyl groups is 1. The van der Waals surface area contributed by atoms with Crippen LogP contribution in [0.2, 0.25) is 18.1 Å². The zero-order valence-electron chi connectivity index (χ0n) is 23.9. The minimum absolute atomic E-state index is 0.0756. The first-order chi connectivity index (χ1) is 17.6. The number of carbonyl (C=O) groups is 1. The van der Waals surface area contributed by atoms with E-state index in [9.17, 15) is 9.90 Å². The van der Waals surface area contributed by atoms with E-state index in [2.05, 4.69) is 44.2 Å². The molecule has 0 aliphatic carbocycles. The monoisotopic (exact) mass is 543 g/mol. The van der Waals surface area contributed by atoms with Crippen molar-refractivity contribution >= 4 is 19.8 Å². The van der Waals surface area contributed by atoms with Crippen LogP contribution in [0.3, 0.4) is 0 Å². The lowest BCUT2D eigenvalue weighted by molar-refractivity contribution is -0.194. The normalized spacial score (nSPS) is 25.6. The van der Waals surface area contributed by atoms with E-state index in [4.69, 9.17) is 23.9 Å². The van der Waals surface area contributed by atoms with Crippen molar-refractivity contribution in [1.29, 1.82) is 0 Å². The van der Waals surface area contributed by atoms with Gasteiger partial charge >= 0.3 is 0 Å². The van der Waals surface area contributed by atoms with Crippen molar-refractivity contribution in [2.45, 2.75) is 109 Å². The number of ether oxygens (including phenoxy) is 4. The Morgan fingerprint density at radius 3 is 2.39 bits per heavy atom. The van der Waals surface area contributed by atoms with Gasteiger partial charge < -0.3 is 29.4 Å². The van der Waals surface area contributed by atoms with E-state index in [1.54, 1.807) is 6.92 Å². The fourth-order valence-corrected chi connectivity index (χ4v) is 6.78. The Morgan fingerprint density at radius 2 is 1.79 bits per heavy atom. The van der Waals surface area contributed by atoms with Gasteiger partial charge in [-0.3, -0.25) is 4.79 Å². The van der Waals surface area contributed by atoms with Gasteiger partial charge in [0.25, 0.3) is 0 Å². The average molecular weight is 544 g/mol. The summed E-state index contributed by atoms with van der Waals surface area (Å²) in [5.41, 5.74) is 1.24. The highest BCUT2D eigenvalue weighted by Gasteiger charge is 2.61. The molecule has 2 aliphatic rings. The topological polar surface area (TPSA) is 112 Å². The molecule has 10 heteroatoms. The average Bonchev–Trinajstić information content (AvgIpc) is 3.31. The molecule has 1 unspecified atom stereocenters. The van der Waals surface area contributed by atoms with Crippen LogP contribution in [-0.4, -0.2) is 58.9 Å². The lowest BCUT2D eigenvalue weighted by atomic mass is 10.1. The molecule has 0 bridgehead atoms. The second-order valence-electron chi connectivity index (χ2n) is 12.3. The molecule has 2 aromatic rings. The lowest BCUT2D eigenvalue weighted by Gasteiger charge is -2.43. The smallest absolute Gasteiger partial charge is 0.237 e. The summed E-state index contributed by atoms with van der Waals surface area (Å²) in [5, 5.41) is 14.4. The zero-order chi connectivity index (χ0) is 28.0. The number of amides is 1. The summed E-state index contributed by atoms with van der Waals surface area (Å²) in [6.45, 7) is 18.0. The van der Waals surface area contributed by atoms with Gasteiger partial charge in [0.15, 0.2) is 11.6 Å². The fraction of sp³-hybridized carbons (Fsp3) is 0.607. The summed E-state index contributed by atoms with van der Waals surface area (Å²) in [4.78, 5) is 21.6. The molecule has 0 spiro atoms. The molecule has 2 N–H and O–H groups in total. The Hall–Kier alpha value is -2.37. The standard InChI is InChI=1S/C28H41N3O6Si/c1-16-25(34-15-18-13-11-10-12-14-18)31-24(30-17(2)32)19(29-16)20-21-22(37-28(6,7)36-21)23(35-20)26(33)38(8,9)27(3,4)5/h10-14,20-23,26,33H,15H2,1-9H3,(H,30,31,32)/t20-,21-,22-,23-,26?/m0/s1. The van der Waals surface area contributed by atoms with Crippen molar-refractivity contribution < 1.29 is 28.8 Å². The van der Waals surface area contributed by atoms with Crippen molar-refractivity contribution in [3.05, 3.63) is 47.3 Å². The van der Waals surface area contributed by atoms with Crippen LogP contribution < -0.4 is 10.1 Å². The third kappa shape index (κ3) is 5.65. The molecule has 3 heterocycles. The number of fused-ring (bicyclic) bond motifs is 1. The number of aliphatic hydroxyl groups excluding tert-OH is 1. The Morgan fingerprint density at radius 1 is 1.16 bits per heavy atom. The van der Waals surface area contributed by atoms with E-state index in [0.717, 1.165) is 5.56 Å². The maximum Gasteiger partial charge on any atom is 0.237 e. The zero-order valence-corrected chi connectivity index (χ0v) is 24.9. The van der Waals surface area contributed by atoms with Gasteiger partial charge in [-0.05, 0) is 31.4 Å². The molecule has 4 rings (SSSR count). The summed E-state index contributed by atoms with van der Waals surface area (Å²) in [6, 6.07) is 9.75. The molecule has 1 amide bonds. The van der Waals surface area contributed by atoms with E-state index in [0.29, 0.717) is 23.9 Å². The number of aryl methyl sites for hydroxylation is 1. The summed E-state index contributed by atoms with van der Waals surface area (Å²) < 4.78 is 25.1. The highest BCUT2D eigenvalue weighted by atomic mass is 28.3. The minimum Gasteiger partial charge on any atom is -0.471 e. The van der Waals surface area contributed by atoms with Crippen LogP contribution in [0.5, 0.6) is 5.88 Å². The van der Waals surface area contributed by atoms with Gasteiger partial charge in [-0.25, -0.2) is 4.98 Å². The molecule has 0 radical (unpaired) electrons. The van der Waals surface area contributed by atoms with Crippen LogP contribution >= 0.6 is 0 Å². The molecule has 2 fully saturated rings. The van der Waals surface area contributed by atoms with Gasteiger partial charge in [-0.2, -0.15) is 4.98 Å². The number of nitrogens with one attached hydrogen (secondary N) is 1. The number of hydrogen-bond donors (Lipinski definition) is 2. The molecule has 38 heavy (non-hydrogen) atoms. The van der Waals surface area contributed by atoms with Gasteiger partial charge in [-0.15, -0.1) is 0 Å². The Bertz CT molecular complexity index is 1170. The molecule has 1 aromatic carbocycles. The van der Waals surface area contributed by atoms with E-state index < -0.39 is 44.0 Å². The Labute approximate surface area is 226 Å².